The van der Waals surface area contributed by atoms with Crippen LogP contribution in [0.25, 0.3) is 0 Å². The van der Waals surface area contributed by atoms with Crippen LogP contribution in [0.3, 0.4) is 0 Å². The van der Waals surface area contributed by atoms with Gasteiger partial charge in [0, 0.05) is 24.5 Å². The molecule has 1 aliphatic rings. The molecule has 0 saturated carbocycles. The fourth-order valence-corrected chi connectivity index (χ4v) is 2.53. The molecule has 3 heteroatoms. The SMILES string of the molecule is Cc1cc(F)cc(N2Cc3cccc(N)c3C2)c1. The molecule has 92 valence electrons. The van der Waals surface area contributed by atoms with Crippen molar-refractivity contribution >= 4 is 11.4 Å². The lowest BCUT2D eigenvalue weighted by atomic mass is 10.1. The third-order valence-electron chi connectivity index (χ3n) is 3.41. The van der Waals surface area contributed by atoms with Crippen LogP contribution in [-0.2, 0) is 13.1 Å². The minimum Gasteiger partial charge on any atom is -0.398 e. The molecule has 18 heavy (non-hydrogen) atoms. The van der Waals surface area contributed by atoms with Crippen molar-refractivity contribution in [1.29, 1.82) is 0 Å². The number of rotatable bonds is 1. The molecule has 1 heterocycles. The van der Waals surface area contributed by atoms with Gasteiger partial charge < -0.3 is 10.6 Å². The average Bonchev–Trinajstić information content (AvgIpc) is 2.73. The molecule has 2 nitrogen and oxygen atoms in total. The molecule has 2 aromatic rings. The van der Waals surface area contributed by atoms with E-state index >= 15 is 0 Å². The molecule has 0 atom stereocenters. The zero-order chi connectivity index (χ0) is 12.7. The molecule has 1 aliphatic heterocycles. The first-order valence-corrected chi connectivity index (χ1v) is 6.02. The Hall–Kier alpha value is -2.03. The Morgan fingerprint density at radius 3 is 2.72 bits per heavy atom. The largest absolute Gasteiger partial charge is 0.398 e. The van der Waals surface area contributed by atoms with Gasteiger partial charge in [-0.3, -0.25) is 0 Å². The van der Waals surface area contributed by atoms with Crippen LogP contribution in [0.4, 0.5) is 15.8 Å². The lowest BCUT2D eigenvalue weighted by molar-refractivity contribution is 0.625. The van der Waals surface area contributed by atoms with Crippen LogP contribution in [0, 0.1) is 12.7 Å². The number of benzene rings is 2. The number of fused-ring (bicyclic) bond motifs is 1. The van der Waals surface area contributed by atoms with Crippen molar-refractivity contribution in [1.82, 2.24) is 0 Å². The molecule has 0 bridgehead atoms. The maximum absolute atomic E-state index is 13.4. The number of anilines is 2. The molecule has 0 spiro atoms. The Balaban J connectivity index is 1.96. The van der Waals surface area contributed by atoms with Gasteiger partial charge in [-0.1, -0.05) is 12.1 Å². The van der Waals surface area contributed by atoms with Gasteiger partial charge >= 0.3 is 0 Å². The standard InChI is InChI=1S/C15H15FN2/c1-10-5-12(16)7-13(6-10)18-8-11-3-2-4-15(17)14(11)9-18/h2-7H,8-9,17H2,1H3. The van der Waals surface area contributed by atoms with E-state index in [2.05, 4.69) is 11.0 Å². The highest BCUT2D eigenvalue weighted by atomic mass is 19.1. The van der Waals surface area contributed by atoms with E-state index in [-0.39, 0.29) is 5.82 Å². The van der Waals surface area contributed by atoms with Gasteiger partial charge in [-0.2, -0.15) is 0 Å². The molecule has 0 unspecified atom stereocenters. The van der Waals surface area contributed by atoms with E-state index in [0.717, 1.165) is 30.0 Å². The van der Waals surface area contributed by atoms with Gasteiger partial charge in [0.15, 0.2) is 0 Å². The predicted octanol–water partition coefficient (Wildman–Crippen LogP) is 3.24. The van der Waals surface area contributed by atoms with Crippen LogP contribution in [0.15, 0.2) is 36.4 Å². The van der Waals surface area contributed by atoms with E-state index in [1.807, 2.05) is 25.1 Å². The van der Waals surface area contributed by atoms with Gasteiger partial charge in [0.25, 0.3) is 0 Å². The summed E-state index contributed by atoms with van der Waals surface area (Å²) < 4.78 is 13.4. The van der Waals surface area contributed by atoms with E-state index in [9.17, 15) is 4.39 Å². The second kappa shape index (κ2) is 4.02. The zero-order valence-electron chi connectivity index (χ0n) is 10.3. The Labute approximate surface area is 106 Å². The monoisotopic (exact) mass is 242 g/mol. The van der Waals surface area contributed by atoms with Gasteiger partial charge in [0.2, 0.25) is 0 Å². The van der Waals surface area contributed by atoms with Gasteiger partial charge in [0.1, 0.15) is 5.82 Å². The predicted molar refractivity (Wildman–Crippen MR) is 71.9 cm³/mol. The summed E-state index contributed by atoms with van der Waals surface area (Å²) in [6.45, 7) is 3.46. The van der Waals surface area contributed by atoms with Crippen molar-refractivity contribution < 1.29 is 4.39 Å². The van der Waals surface area contributed by atoms with Crippen LogP contribution in [0.1, 0.15) is 16.7 Å². The van der Waals surface area contributed by atoms with Gasteiger partial charge in [-0.05, 0) is 47.9 Å². The first kappa shape index (κ1) is 11.1. The Morgan fingerprint density at radius 1 is 1.17 bits per heavy atom. The fourth-order valence-electron chi connectivity index (χ4n) is 2.53. The fraction of sp³-hybridized carbons (Fsp3) is 0.200. The summed E-state index contributed by atoms with van der Waals surface area (Å²) in [5, 5.41) is 0. The Kier molecular flexibility index (Phi) is 2.47. The molecule has 3 rings (SSSR count). The summed E-state index contributed by atoms with van der Waals surface area (Å²) in [7, 11) is 0. The molecule has 0 radical (unpaired) electrons. The topological polar surface area (TPSA) is 29.3 Å². The third-order valence-corrected chi connectivity index (χ3v) is 3.41. The number of hydrogen-bond acceptors (Lipinski definition) is 2. The van der Waals surface area contributed by atoms with Crippen LogP contribution in [0.5, 0.6) is 0 Å². The minimum absolute atomic E-state index is 0.186. The lowest BCUT2D eigenvalue weighted by Crippen LogP contribution is -2.15. The van der Waals surface area contributed by atoms with E-state index in [0.29, 0.717) is 0 Å². The second-order valence-electron chi connectivity index (χ2n) is 4.83. The first-order chi connectivity index (χ1) is 8.63. The Bertz CT molecular complexity index is 587. The van der Waals surface area contributed by atoms with E-state index in [4.69, 9.17) is 5.73 Å². The highest BCUT2D eigenvalue weighted by Gasteiger charge is 2.21. The maximum atomic E-state index is 13.4. The summed E-state index contributed by atoms with van der Waals surface area (Å²) in [4.78, 5) is 2.15. The minimum atomic E-state index is -0.186. The molecular formula is C15H15FN2. The zero-order valence-corrected chi connectivity index (χ0v) is 10.3. The number of nitrogen functional groups attached to an aromatic ring is 1. The lowest BCUT2D eigenvalue weighted by Gasteiger charge is -2.18. The molecule has 0 aliphatic carbocycles. The molecule has 2 N–H and O–H groups in total. The van der Waals surface area contributed by atoms with Crippen LogP contribution >= 0.6 is 0 Å². The van der Waals surface area contributed by atoms with Gasteiger partial charge in [-0.25, -0.2) is 4.39 Å². The van der Waals surface area contributed by atoms with Crippen LogP contribution < -0.4 is 10.6 Å². The van der Waals surface area contributed by atoms with Crippen molar-refractivity contribution in [2.75, 3.05) is 10.6 Å². The smallest absolute Gasteiger partial charge is 0.125 e. The summed E-state index contributed by atoms with van der Waals surface area (Å²) >= 11 is 0. The van der Waals surface area contributed by atoms with E-state index < -0.39 is 0 Å². The molecule has 2 aromatic carbocycles. The van der Waals surface area contributed by atoms with Gasteiger partial charge in [-0.15, -0.1) is 0 Å². The maximum Gasteiger partial charge on any atom is 0.125 e. The van der Waals surface area contributed by atoms with Crippen molar-refractivity contribution in [2.24, 2.45) is 0 Å². The number of hydrogen-bond donors (Lipinski definition) is 1. The Morgan fingerprint density at radius 2 is 2.00 bits per heavy atom. The number of nitrogens with zero attached hydrogens (tertiary/aromatic N) is 1. The number of halogens is 1. The summed E-state index contributed by atoms with van der Waals surface area (Å²) in [6.07, 6.45) is 0. The van der Waals surface area contributed by atoms with E-state index in [1.165, 1.54) is 11.1 Å². The molecule has 0 aromatic heterocycles. The normalized spacial score (nSPS) is 13.8. The average molecular weight is 242 g/mol. The van der Waals surface area contributed by atoms with Gasteiger partial charge in [0.05, 0.1) is 0 Å². The molecule has 0 amide bonds. The van der Waals surface area contributed by atoms with Crippen molar-refractivity contribution in [3.8, 4) is 0 Å². The van der Waals surface area contributed by atoms with E-state index in [1.54, 1.807) is 12.1 Å². The quantitative estimate of drug-likeness (QED) is 0.778. The number of nitrogens with two attached hydrogens (primary N) is 1. The summed E-state index contributed by atoms with van der Waals surface area (Å²) in [6, 6.07) is 11.1. The third kappa shape index (κ3) is 1.82. The first-order valence-electron chi connectivity index (χ1n) is 6.02. The summed E-state index contributed by atoms with van der Waals surface area (Å²) in [5.41, 5.74) is 11.1. The second-order valence-corrected chi connectivity index (χ2v) is 4.83. The van der Waals surface area contributed by atoms with Crippen LogP contribution in [-0.4, -0.2) is 0 Å². The van der Waals surface area contributed by atoms with Crippen molar-refractivity contribution in [3.05, 3.63) is 58.9 Å². The van der Waals surface area contributed by atoms with Crippen molar-refractivity contribution in [3.63, 3.8) is 0 Å². The van der Waals surface area contributed by atoms with Crippen LogP contribution in [0.2, 0.25) is 0 Å². The highest BCUT2D eigenvalue weighted by molar-refractivity contribution is 5.60. The highest BCUT2D eigenvalue weighted by Crippen LogP contribution is 2.32. The molecule has 0 saturated heterocycles. The van der Waals surface area contributed by atoms with Crippen molar-refractivity contribution in [2.45, 2.75) is 20.0 Å². The molecule has 0 fully saturated rings. The number of aryl methyl sites for hydroxylation is 1. The summed E-state index contributed by atoms with van der Waals surface area (Å²) in [5.74, 6) is -0.186. The molecular weight excluding hydrogens is 227 g/mol.